The molecule has 0 fully saturated rings. The van der Waals surface area contributed by atoms with Gasteiger partial charge in [0, 0.05) is 12.8 Å². The Morgan fingerprint density at radius 3 is 2.57 bits per heavy atom. The van der Waals surface area contributed by atoms with Crippen LogP contribution in [-0.4, -0.2) is 29.7 Å². The van der Waals surface area contributed by atoms with Crippen LogP contribution in [0.5, 0.6) is 11.5 Å². The number of anilines is 1. The van der Waals surface area contributed by atoms with Gasteiger partial charge >= 0.3 is 0 Å². The van der Waals surface area contributed by atoms with Crippen LogP contribution in [-0.2, 0) is 9.59 Å². The number of phenolic OH excluding ortho intramolecular Hbond substituents is 1. The number of nitrogens with zero attached hydrogens (tertiary/aromatic N) is 1. The van der Waals surface area contributed by atoms with Gasteiger partial charge in [0.15, 0.2) is 11.5 Å². The van der Waals surface area contributed by atoms with Crippen molar-refractivity contribution in [1.82, 2.24) is 5.43 Å². The summed E-state index contributed by atoms with van der Waals surface area (Å²) in [5.41, 5.74) is 3.34. The minimum Gasteiger partial charge on any atom is -0.503 e. The van der Waals surface area contributed by atoms with E-state index in [1.54, 1.807) is 31.2 Å². The van der Waals surface area contributed by atoms with Crippen molar-refractivity contribution in [3.63, 3.8) is 0 Å². The van der Waals surface area contributed by atoms with Crippen LogP contribution >= 0.6 is 23.2 Å². The maximum atomic E-state index is 11.9. The highest BCUT2D eigenvalue weighted by atomic mass is 35.5. The summed E-state index contributed by atoms with van der Waals surface area (Å²) in [6.45, 7) is 2.13. The molecule has 0 saturated carbocycles. The molecule has 0 unspecified atom stereocenters. The number of hydrogen-bond donors (Lipinski definition) is 3. The zero-order valence-corrected chi connectivity index (χ0v) is 16.5. The van der Waals surface area contributed by atoms with Gasteiger partial charge in [0.05, 0.1) is 28.6 Å². The highest BCUT2D eigenvalue weighted by molar-refractivity contribution is 6.33. The van der Waals surface area contributed by atoms with Crippen LogP contribution < -0.4 is 15.5 Å². The predicted octanol–water partition coefficient (Wildman–Crippen LogP) is 3.97. The first-order chi connectivity index (χ1) is 13.4. The van der Waals surface area contributed by atoms with Crippen LogP contribution in [0.25, 0.3) is 0 Å². The number of halogens is 2. The molecule has 7 nitrogen and oxygen atoms in total. The summed E-state index contributed by atoms with van der Waals surface area (Å²) in [5.74, 6) is -0.701. The first-order valence-corrected chi connectivity index (χ1v) is 9.18. The van der Waals surface area contributed by atoms with Crippen LogP contribution in [0.4, 0.5) is 5.69 Å². The average Bonchev–Trinajstić information content (AvgIpc) is 2.66. The van der Waals surface area contributed by atoms with Gasteiger partial charge < -0.3 is 15.2 Å². The number of carbonyl (C=O) groups excluding carboxylic acids is 2. The second-order valence-corrected chi connectivity index (χ2v) is 6.42. The molecule has 0 radical (unpaired) electrons. The Labute approximate surface area is 172 Å². The van der Waals surface area contributed by atoms with E-state index in [0.717, 1.165) is 0 Å². The Bertz CT molecular complexity index is 887. The zero-order chi connectivity index (χ0) is 20.5. The number of rotatable bonds is 8. The van der Waals surface area contributed by atoms with Crippen molar-refractivity contribution in [3.05, 3.63) is 52.0 Å². The van der Waals surface area contributed by atoms with Gasteiger partial charge in [-0.2, -0.15) is 5.10 Å². The number of amides is 2. The molecule has 0 heterocycles. The number of hydrogen-bond acceptors (Lipinski definition) is 5. The number of nitrogens with one attached hydrogen (secondary N) is 2. The monoisotopic (exact) mass is 423 g/mol. The Morgan fingerprint density at radius 2 is 1.86 bits per heavy atom. The van der Waals surface area contributed by atoms with Gasteiger partial charge in [0.25, 0.3) is 0 Å². The summed E-state index contributed by atoms with van der Waals surface area (Å²) >= 11 is 11.9. The van der Waals surface area contributed by atoms with E-state index in [-0.39, 0.29) is 35.3 Å². The number of para-hydroxylation sites is 1. The van der Waals surface area contributed by atoms with E-state index < -0.39 is 5.91 Å². The second-order valence-electron chi connectivity index (χ2n) is 5.60. The van der Waals surface area contributed by atoms with Crippen molar-refractivity contribution >= 4 is 46.9 Å². The summed E-state index contributed by atoms with van der Waals surface area (Å²) in [6.07, 6.45) is 1.29. The number of hydrazone groups is 1. The number of phenols is 1. The van der Waals surface area contributed by atoms with E-state index in [1.165, 1.54) is 18.3 Å². The lowest BCUT2D eigenvalue weighted by Gasteiger charge is -2.08. The molecule has 148 valence electrons. The Morgan fingerprint density at radius 1 is 1.14 bits per heavy atom. The maximum Gasteiger partial charge on any atom is 0.240 e. The molecule has 0 atom stereocenters. The Hall–Kier alpha value is -2.77. The molecule has 0 bridgehead atoms. The van der Waals surface area contributed by atoms with Crippen molar-refractivity contribution in [1.29, 1.82) is 0 Å². The van der Waals surface area contributed by atoms with Crippen molar-refractivity contribution in [2.24, 2.45) is 5.10 Å². The van der Waals surface area contributed by atoms with E-state index in [2.05, 4.69) is 15.8 Å². The molecule has 0 saturated heterocycles. The van der Waals surface area contributed by atoms with Gasteiger partial charge in [-0.25, -0.2) is 5.43 Å². The third kappa shape index (κ3) is 6.44. The minimum atomic E-state index is -0.430. The molecular formula is C19H19Cl2N3O4. The lowest BCUT2D eigenvalue weighted by atomic mass is 10.2. The van der Waals surface area contributed by atoms with Gasteiger partial charge in [-0.1, -0.05) is 35.3 Å². The normalized spacial score (nSPS) is 10.7. The van der Waals surface area contributed by atoms with E-state index in [9.17, 15) is 14.7 Å². The molecule has 9 heteroatoms. The van der Waals surface area contributed by atoms with E-state index in [1.807, 2.05) is 0 Å². The van der Waals surface area contributed by atoms with Crippen LogP contribution in [0.1, 0.15) is 25.3 Å². The summed E-state index contributed by atoms with van der Waals surface area (Å²) in [7, 11) is 0. The molecule has 0 aliphatic carbocycles. The Kier molecular flexibility index (Phi) is 8.10. The van der Waals surface area contributed by atoms with Gasteiger partial charge in [0.1, 0.15) is 0 Å². The van der Waals surface area contributed by atoms with E-state index >= 15 is 0 Å². The molecule has 2 amide bonds. The molecule has 0 aliphatic rings. The van der Waals surface area contributed by atoms with E-state index in [0.29, 0.717) is 22.9 Å². The lowest BCUT2D eigenvalue weighted by molar-refractivity contribution is -0.124. The summed E-state index contributed by atoms with van der Waals surface area (Å²) in [6, 6.07) is 9.84. The van der Waals surface area contributed by atoms with Gasteiger partial charge in [-0.3, -0.25) is 9.59 Å². The topological polar surface area (TPSA) is 100 Å². The van der Waals surface area contributed by atoms with Crippen molar-refractivity contribution < 1.29 is 19.4 Å². The number of ether oxygens (including phenoxy) is 1. The zero-order valence-electron chi connectivity index (χ0n) is 15.0. The lowest BCUT2D eigenvalue weighted by Crippen LogP contribution is -2.20. The van der Waals surface area contributed by atoms with Crippen LogP contribution in [0, 0.1) is 0 Å². The van der Waals surface area contributed by atoms with Crippen molar-refractivity contribution in [2.75, 3.05) is 11.9 Å². The first-order valence-electron chi connectivity index (χ1n) is 8.42. The largest absolute Gasteiger partial charge is 0.503 e. The highest BCUT2D eigenvalue weighted by Gasteiger charge is 2.10. The fourth-order valence-electron chi connectivity index (χ4n) is 2.17. The SMILES string of the molecule is CCOc1cc(C=NNC(=O)CCC(=O)Nc2ccccc2Cl)cc(Cl)c1O. The molecule has 0 aromatic heterocycles. The van der Waals surface area contributed by atoms with E-state index in [4.69, 9.17) is 27.9 Å². The standard InChI is InChI=1S/C19H19Cl2N3O4/c1-2-28-16-10-12(9-14(21)19(16)27)11-22-24-18(26)8-7-17(25)23-15-6-4-3-5-13(15)20/h3-6,9-11,27H,2,7-8H2,1H3,(H,23,25)(H,24,26). The summed E-state index contributed by atoms with van der Waals surface area (Å²) in [4.78, 5) is 23.7. The Balaban J connectivity index is 1.83. The fraction of sp³-hybridized carbons (Fsp3) is 0.211. The van der Waals surface area contributed by atoms with Crippen molar-refractivity contribution in [3.8, 4) is 11.5 Å². The molecular weight excluding hydrogens is 405 g/mol. The summed E-state index contributed by atoms with van der Waals surface area (Å²) < 4.78 is 5.27. The second kappa shape index (κ2) is 10.5. The smallest absolute Gasteiger partial charge is 0.240 e. The molecule has 0 aliphatic heterocycles. The number of carbonyl (C=O) groups is 2. The quantitative estimate of drug-likeness (QED) is 0.441. The molecule has 0 spiro atoms. The first kappa shape index (κ1) is 21.5. The third-order valence-corrected chi connectivity index (χ3v) is 4.10. The van der Waals surface area contributed by atoms with Gasteiger partial charge in [-0.05, 0) is 36.8 Å². The predicted molar refractivity (Wildman–Crippen MR) is 109 cm³/mol. The molecule has 28 heavy (non-hydrogen) atoms. The summed E-state index contributed by atoms with van der Waals surface area (Å²) in [5, 5.41) is 16.8. The molecule has 2 rings (SSSR count). The minimum absolute atomic E-state index is 0.0217. The van der Waals surface area contributed by atoms with Gasteiger partial charge in [-0.15, -0.1) is 0 Å². The molecule has 3 N–H and O–H groups in total. The number of aromatic hydroxyl groups is 1. The average molecular weight is 424 g/mol. The van der Waals surface area contributed by atoms with Crippen LogP contribution in [0.3, 0.4) is 0 Å². The fourth-order valence-corrected chi connectivity index (χ4v) is 2.57. The molecule has 2 aromatic rings. The molecule has 2 aromatic carbocycles. The highest BCUT2D eigenvalue weighted by Crippen LogP contribution is 2.34. The third-order valence-electron chi connectivity index (χ3n) is 3.48. The van der Waals surface area contributed by atoms with Gasteiger partial charge in [0.2, 0.25) is 11.8 Å². The van der Waals surface area contributed by atoms with Crippen LogP contribution in [0.15, 0.2) is 41.5 Å². The van der Waals surface area contributed by atoms with Crippen molar-refractivity contribution in [2.45, 2.75) is 19.8 Å². The van der Waals surface area contributed by atoms with Crippen LogP contribution in [0.2, 0.25) is 10.0 Å². The number of benzene rings is 2. The maximum absolute atomic E-state index is 11.9.